The molecular formula is C14H11FO3. The zero-order valence-corrected chi connectivity index (χ0v) is 9.48. The fraction of sp³-hybridized carbons (Fsp3) is 0.143. The van der Waals surface area contributed by atoms with Crippen molar-refractivity contribution < 1.29 is 19.3 Å². The minimum absolute atomic E-state index is 0.172. The molecule has 0 unspecified atom stereocenters. The topological polar surface area (TPSA) is 49.7 Å². The molecule has 18 heavy (non-hydrogen) atoms. The van der Waals surface area contributed by atoms with Crippen LogP contribution in [0.1, 0.15) is 11.1 Å². The van der Waals surface area contributed by atoms with E-state index in [1.165, 1.54) is 24.3 Å². The molecule has 0 aliphatic carbocycles. The quantitative estimate of drug-likeness (QED) is 0.702. The van der Waals surface area contributed by atoms with Gasteiger partial charge in [-0.15, -0.1) is 0 Å². The number of phenolic OH excluding ortho intramolecular Hbond substituents is 2. The zero-order chi connectivity index (χ0) is 12.7. The average molecular weight is 246 g/mol. The van der Waals surface area contributed by atoms with Gasteiger partial charge in [0.1, 0.15) is 17.3 Å². The van der Waals surface area contributed by atoms with Gasteiger partial charge in [0.15, 0.2) is 11.5 Å². The molecule has 92 valence electrons. The predicted octanol–water partition coefficient (Wildman–Crippen LogP) is 3.13. The summed E-state index contributed by atoms with van der Waals surface area (Å²) in [6.07, 6.45) is 1.25. The molecule has 1 aliphatic rings. The lowest BCUT2D eigenvalue weighted by Crippen LogP contribution is -1.89. The van der Waals surface area contributed by atoms with E-state index in [1.54, 1.807) is 6.07 Å². The Bertz CT molecular complexity index is 623. The second-order valence-electron chi connectivity index (χ2n) is 4.30. The monoisotopic (exact) mass is 246 g/mol. The fourth-order valence-corrected chi connectivity index (χ4v) is 2.12. The van der Waals surface area contributed by atoms with Crippen LogP contribution in [0.3, 0.4) is 0 Å². The van der Waals surface area contributed by atoms with Gasteiger partial charge in [-0.2, -0.15) is 0 Å². The maximum atomic E-state index is 13.1. The van der Waals surface area contributed by atoms with Crippen molar-refractivity contribution in [3.8, 4) is 23.0 Å². The third-order valence-corrected chi connectivity index (χ3v) is 3.06. The molecule has 0 saturated heterocycles. The molecule has 1 heterocycles. The highest BCUT2D eigenvalue weighted by Gasteiger charge is 2.17. The lowest BCUT2D eigenvalue weighted by Gasteiger charge is -2.09. The fourth-order valence-electron chi connectivity index (χ4n) is 2.12. The first-order valence-corrected chi connectivity index (χ1v) is 5.64. The van der Waals surface area contributed by atoms with Crippen LogP contribution in [-0.2, 0) is 12.8 Å². The smallest absolute Gasteiger partial charge is 0.161 e. The largest absolute Gasteiger partial charge is 0.504 e. The van der Waals surface area contributed by atoms with Gasteiger partial charge < -0.3 is 14.9 Å². The first kappa shape index (κ1) is 10.9. The van der Waals surface area contributed by atoms with Gasteiger partial charge in [0.25, 0.3) is 0 Å². The summed E-state index contributed by atoms with van der Waals surface area (Å²) in [7, 11) is 0. The maximum absolute atomic E-state index is 13.1. The summed E-state index contributed by atoms with van der Waals surface area (Å²) in [6.45, 7) is 0. The van der Waals surface area contributed by atoms with Crippen LogP contribution in [0, 0.1) is 5.82 Å². The van der Waals surface area contributed by atoms with Crippen molar-refractivity contribution in [2.75, 3.05) is 0 Å². The van der Waals surface area contributed by atoms with Crippen molar-refractivity contribution >= 4 is 0 Å². The maximum Gasteiger partial charge on any atom is 0.161 e. The molecule has 4 heteroatoms. The van der Waals surface area contributed by atoms with Crippen molar-refractivity contribution in [2.45, 2.75) is 12.8 Å². The summed E-state index contributed by atoms with van der Waals surface area (Å²) < 4.78 is 18.8. The first-order chi connectivity index (χ1) is 8.63. The SMILES string of the molecule is Oc1cc2c(cc1O)Oc1ccc(F)cc1CC2. The number of aryl methyl sites for hydroxylation is 2. The van der Waals surface area contributed by atoms with Gasteiger partial charge in [-0.25, -0.2) is 4.39 Å². The molecule has 0 radical (unpaired) electrons. The number of hydrogen-bond acceptors (Lipinski definition) is 3. The Balaban J connectivity index is 2.09. The minimum atomic E-state index is -0.297. The molecule has 2 N–H and O–H groups in total. The first-order valence-electron chi connectivity index (χ1n) is 5.64. The highest BCUT2D eigenvalue weighted by molar-refractivity contribution is 5.52. The molecule has 3 nitrogen and oxygen atoms in total. The van der Waals surface area contributed by atoms with Gasteiger partial charge in [-0.05, 0) is 48.2 Å². The highest BCUT2D eigenvalue weighted by Crippen LogP contribution is 2.39. The molecule has 1 aliphatic heterocycles. The Labute approximate surface area is 103 Å². The van der Waals surface area contributed by atoms with Crippen LogP contribution in [-0.4, -0.2) is 10.2 Å². The zero-order valence-electron chi connectivity index (χ0n) is 9.48. The van der Waals surface area contributed by atoms with Crippen molar-refractivity contribution in [2.24, 2.45) is 0 Å². The summed E-state index contributed by atoms with van der Waals surface area (Å²) >= 11 is 0. The van der Waals surface area contributed by atoms with Gasteiger partial charge in [0.2, 0.25) is 0 Å². The van der Waals surface area contributed by atoms with E-state index in [0.29, 0.717) is 24.3 Å². The van der Waals surface area contributed by atoms with Crippen LogP contribution < -0.4 is 4.74 Å². The summed E-state index contributed by atoms with van der Waals surface area (Å²) in [6, 6.07) is 7.21. The highest BCUT2D eigenvalue weighted by atomic mass is 19.1. The number of halogens is 1. The van der Waals surface area contributed by atoms with Crippen LogP contribution in [0.2, 0.25) is 0 Å². The van der Waals surface area contributed by atoms with Crippen molar-refractivity contribution in [1.29, 1.82) is 0 Å². The van der Waals surface area contributed by atoms with E-state index in [9.17, 15) is 14.6 Å². The molecule has 0 bridgehead atoms. The van der Waals surface area contributed by atoms with Crippen molar-refractivity contribution in [1.82, 2.24) is 0 Å². The lowest BCUT2D eigenvalue weighted by molar-refractivity contribution is 0.397. The van der Waals surface area contributed by atoms with E-state index < -0.39 is 0 Å². The standard InChI is InChI=1S/C14H11FO3/c15-10-3-4-13-8(5-10)1-2-9-6-11(16)12(17)7-14(9)18-13/h3-7,16-17H,1-2H2. The second kappa shape index (κ2) is 3.91. The van der Waals surface area contributed by atoms with Gasteiger partial charge in [0.05, 0.1) is 0 Å². The molecule has 3 rings (SSSR count). The van der Waals surface area contributed by atoms with Gasteiger partial charge in [-0.1, -0.05) is 0 Å². The van der Waals surface area contributed by atoms with Gasteiger partial charge >= 0.3 is 0 Å². The van der Waals surface area contributed by atoms with E-state index in [0.717, 1.165) is 11.1 Å². The van der Waals surface area contributed by atoms with Crippen molar-refractivity contribution in [3.63, 3.8) is 0 Å². The molecular weight excluding hydrogens is 235 g/mol. The molecule has 0 saturated carbocycles. The Morgan fingerprint density at radius 2 is 1.56 bits per heavy atom. The van der Waals surface area contributed by atoms with E-state index in [-0.39, 0.29) is 17.3 Å². The van der Waals surface area contributed by atoms with E-state index in [4.69, 9.17) is 4.74 Å². The molecule has 0 fully saturated rings. The second-order valence-corrected chi connectivity index (χ2v) is 4.30. The Morgan fingerprint density at radius 1 is 0.889 bits per heavy atom. The van der Waals surface area contributed by atoms with E-state index in [1.807, 2.05) is 0 Å². The Hall–Kier alpha value is -2.23. The summed E-state index contributed by atoms with van der Waals surface area (Å²) in [5, 5.41) is 18.9. The van der Waals surface area contributed by atoms with E-state index >= 15 is 0 Å². The normalized spacial score (nSPS) is 13.2. The van der Waals surface area contributed by atoms with Crippen molar-refractivity contribution in [3.05, 3.63) is 47.3 Å². The van der Waals surface area contributed by atoms with Crippen LogP contribution in [0.5, 0.6) is 23.0 Å². The van der Waals surface area contributed by atoms with Gasteiger partial charge in [0, 0.05) is 6.07 Å². The molecule has 0 aromatic heterocycles. The predicted molar refractivity (Wildman–Crippen MR) is 63.7 cm³/mol. The van der Waals surface area contributed by atoms with Crippen LogP contribution >= 0.6 is 0 Å². The van der Waals surface area contributed by atoms with E-state index in [2.05, 4.69) is 0 Å². The number of aromatic hydroxyl groups is 2. The number of ether oxygens (including phenoxy) is 1. The number of phenols is 2. The van der Waals surface area contributed by atoms with Crippen LogP contribution in [0.15, 0.2) is 30.3 Å². The third kappa shape index (κ3) is 1.76. The lowest BCUT2D eigenvalue weighted by atomic mass is 10.0. The van der Waals surface area contributed by atoms with Gasteiger partial charge in [-0.3, -0.25) is 0 Å². The molecule has 2 aromatic rings. The minimum Gasteiger partial charge on any atom is -0.504 e. The number of fused-ring (bicyclic) bond motifs is 2. The summed E-state index contributed by atoms with van der Waals surface area (Å²) in [5.41, 5.74) is 1.58. The van der Waals surface area contributed by atoms with Crippen LogP contribution in [0.25, 0.3) is 0 Å². The number of rotatable bonds is 0. The molecule has 0 spiro atoms. The summed E-state index contributed by atoms with van der Waals surface area (Å²) in [5.74, 6) is 0.388. The third-order valence-electron chi connectivity index (χ3n) is 3.06. The molecule has 2 aromatic carbocycles. The number of benzene rings is 2. The average Bonchev–Trinajstić information content (AvgIpc) is 2.50. The Morgan fingerprint density at radius 3 is 2.33 bits per heavy atom. The number of hydrogen-bond donors (Lipinski definition) is 2. The Kier molecular flexibility index (Phi) is 2.37. The summed E-state index contributed by atoms with van der Waals surface area (Å²) in [4.78, 5) is 0. The molecule has 0 amide bonds. The van der Waals surface area contributed by atoms with Crippen LogP contribution in [0.4, 0.5) is 4.39 Å². The molecule has 0 atom stereocenters.